The van der Waals surface area contributed by atoms with Crippen molar-refractivity contribution in [3.63, 3.8) is 0 Å². The summed E-state index contributed by atoms with van der Waals surface area (Å²) in [6.07, 6.45) is 4.46. The van der Waals surface area contributed by atoms with E-state index in [4.69, 9.17) is 4.74 Å². The summed E-state index contributed by atoms with van der Waals surface area (Å²) in [4.78, 5) is 11.8. The summed E-state index contributed by atoms with van der Waals surface area (Å²) in [5.41, 5.74) is 0. The van der Waals surface area contributed by atoms with Gasteiger partial charge in [-0.25, -0.2) is 0 Å². The number of nitrogens with one attached hydrogen (secondary N) is 1. The zero-order valence-electron chi connectivity index (χ0n) is 12.5. The van der Waals surface area contributed by atoms with Crippen molar-refractivity contribution in [3.8, 4) is 0 Å². The van der Waals surface area contributed by atoms with Crippen LogP contribution < -0.4 is 5.32 Å². The van der Waals surface area contributed by atoms with Gasteiger partial charge >= 0.3 is 5.97 Å². The van der Waals surface area contributed by atoms with E-state index in [9.17, 15) is 4.79 Å². The van der Waals surface area contributed by atoms with Crippen molar-refractivity contribution in [2.24, 2.45) is 17.8 Å². The van der Waals surface area contributed by atoms with E-state index in [0.717, 1.165) is 18.3 Å². The average molecular weight is 255 g/mol. The minimum Gasteiger partial charge on any atom is -0.468 e. The lowest BCUT2D eigenvalue weighted by molar-refractivity contribution is -0.144. The van der Waals surface area contributed by atoms with E-state index in [1.165, 1.54) is 26.4 Å². The van der Waals surface area contributed by atoms with Gasteiger partial charge in [-0.2, -0.15) is 0 Å². The van der Waals surface area contributed by atoms with Crippen LogP contribution in [0, 0.1) is 17.8 Å². The molecule has 1 N–H and O–H groups in total. The van der Waals surface area contributed by atoms with Crippen molar-refractivity contribution in [1.29, 1.82) is 0 Å². The molecule has 0 aromatic carbocycles. The molecule has 0 aliphatic heterocycles. The molecule has 4 atom stereocenters. The predicted octanol–water partition coefficient (Wildman–Crippen LogP) is 2.99. The van der Waals surface area contributed by atoms with Crippen LogP contribution >= 0.6 is 0 Å². The molecule has 1 saturated carbocycles. The maximum absolute atomic E-state index is 11.8. The highest BCUT2D eigenvalue weighted by Gasteiger charge is 2.29. The highest BCUT2D eigenvalue weighted by atomic mass is 16.5. The first-order valence-corrected chi connectivity index (χ1v) is 7.27. The Morgan fingerprint density at radius 3 is 2.44 bits per heavy atom. The molecule has 0 aromatic heterocycles. The van der Waals surface area contributed by atoms with E-state index in [0.29, 0.717) is 12.0 Å². The second-order valence-electron chi connectivity index (χ2n) is 6.34. The fourth-order valence-electron chi connectivity index (χ4n) is 2.83. The minimum absolute atomic E-state index is 0.116. The molecule has 1 rings (SSSR count). The SMILES string of the molecule is COC(=O)C(CC(C)C)NC1CCC(C)C(C)C1. The van der Waals surface area contributed by atoms with Crippen LogP contribution in [0.2, 0.25) is 0 Å². The molecule has 3 heteroatoms. The van der Waals surface area contributed by atoms with Crippen LogP contribution in [-0.4, -0.2) is 25.2 Å². The zero-order valence-corrected chi connectivity index (χ0v) is 12.5. The van der Waals surface area contributed by atoms with Gasteiger partial charge in [0.25, 0.3) is 0 Å². The second kappa shape index (κ2) is 7.13. The summed E-state index contributed by atoms with van der Waals surface area (Å²) < 4.78 is 4.90. The fourth-order valence-corrected chi connectivity index (χ4v) is 2.83. The third kappa shape index (κ3) is 4.60. The molecule has 0 saturated heterocycles. The van der Waals surface area contributed by atoms with Crippen molar-refractivity contribution in [1.82, 2.24) is 5.32 Å². The first-order chi connectivity index (χ1) is 8.43. The van der Waals surface area contributed by atoms with Gasteiger partial charge in [0.15, 0.2) is 0 Å². The van der Waals surface area contributed by atoms with Crippen molar-refractivity contribution < 1.29 is 9.53 Å². The van der Waals surface area contributed by atoms with Gasteiger partial charge in [-0.1, -0.05) is 27.7 Å². The van der Waals surface area contributed by atoms with Gasteiger partial charge in [-0.05, 0) is 43.4 Å². The summed E-state index contributed by atoms with van der Waals surface area (Å²) in [5.74, 6) is 1.94. The maximum Gasteiger partial charge on any atom is 0.322 e. The Labute approximate surface area is 112 Å². The lowest BCUT2D eigenvalue weighted by Crippen LogP contribution is -2.47. The van der Waals surface area contributed by atoms with Crippen LogP contribution in [0.5, 0.6) is 0 Å². The molecule has 0 heterocycles. The highest BCUT2D eigenvalue weighted by Crippen LogP contribution is 2.29. The molecule has 0 amide bonds. The van der Waals surface area contributed by atoms with Crippen LogP contribution in [0.15, 0.2) is 0 Å². The smallest absolute Gasteiger partial charge is 0.322 e. The lowest BCUT2D eigenvalue weighted by atomic mass is 9.79. The van der Waals surface area contributed by atoms with Gasteiger partial charge in [-0.3, -0.25) is 4.79 Å². The molecule has 1 aliphatic carbocycles. The fraction of sp³-hybridized carbons (Fsp3) is 0.933. The van der Waals surface area contributed by atoms with Gasteiger partial charge in [-0.15, -0.1) is 0 Å². The Morgan fingerprint density at radius 2 is 1.94 bits per heavy atom. The number of hydrogen-bond donors (Lipinski definition) is 1. The summed E-state index contributed by atoms with van der Waals surface area (Å²) in [7, 11) is 1.48. The number of rotatable bonds is 5. The van der Waals surface area contributed by atoms with E-state index in [1.807, 2.05) is 0 Å². The van der Waals surface area contributed by atoms with Crippen molar-refractivity contribution in [3.05, 3.63) is 0 Å². The van der Waals surface area contributed by atoms with Crippen molar-refractivity contribution >= 4 is 5.97 Å². The first kappa shape index (κ1) is 15.5. The molecule has 4 unspecified atom stereocenters. The Balaban J connectivity index is 2.52. The topological polar surface area (TPSA) is 38.3 Å². The predicted molar refractivity (Wildman–Crippen MR) is 74.4 cm³/mol. The third-order valence-corrected chi connectivity index (χ3v) is 4.23. The summed E-state index contributed by atoms with van der Waals surface area (Å²) in [5, 5.41) is 3.51. The molecule has 3 nitrogen and oxygen atoms in total. The maximum atomic E-state index is 11.8. The van der Waals surface area contributed by atoms with E-state index in [-0.39, 0.29) is 12.0 Å². The van der Waals surface area contributed by atoms with E-state index >= 15 is 0 Å². The molecule has 0 radical (unpaired) electrons. The van der Waals surface area contributed by atoms with Crippen LogP contribution in [-0.2, 0) is 9.53 Å². The molecule has 18 heavy (non-hydrogen) atoms. The van der Waals surface area contributed by atoms with Crippen LogP contribution in [0.25, 0.3) is 0 Å². The Morgan fingerprint density at radius 1 is 1.28 bits per heavy atom. The van der Waals surface area contributed by atoms with Gasteiger partial charge in [0.2, 0.25) is 0 Å². The minimum atomic E-state index is -0.138. The molecule has 0 bridgehead atoms. The molecule has 1 aliphatic rings. The molecular weight excluding hydrogens is 226 g/mol. The first-order valence-electron chi connectivity index (χ1n) is 7.27. The number of methoxy groups -OCH3 is 1. The monoisotopic (exact) mass is 255 g/mol. The second-order valence-corrected chi connectivity index (χ2v) is 6.34. The number of carbonyl (C=O) groups is 1. The quantitative estimate of drug-likeness (QED) is 0.768. The summed E-state index contributed by atoms with van der Waals surface area (Å²) in [6.45, 7) is 8.92. The number of esters is 1. The molecule has 106 valence electrons. The van der Waals surface area contributed by atoms with Crippen molar-refractivity contribution in [2.75, 3.05) is 7.11 Å². The van der Waals surface area contributed by atoms with E-state index < -0.39 is 0 Å². The number of hydrogen-bond acceptors (Lipinski definition) is 3. The molecular formula is C15H29NO2. The van der Waals surface area contributed by atoms with Crippen molar-refractivity contribution in [2.45, 2.75) is 65.5 Å². The van der Waals surface area contributed by atoms with E-state index in [2.05, 4.69) is 33.0 Å². The zero-order chi connectivity index (χ0) is 13.7. The number of ether oxygens (including phenoxy) is 1. The Hall–Kier alpha value is -0.570. The van der Waals surface area contributed by atoms with Gasteiger partial charge in [0.1, 0.15) is 6.04 Å². The molecule has 0 spiro atoms. The van der Waals surface area contributed by atoms with E-state index in [1.54, 1.807) is 0 Å². The van der Waals surface area contributed by atoms with Gasteiger partial charge < -0.3 is 10.1 Å². The summed E-state index contributed by atoms with van der Waals surface area (Å²) >= 11 is 0. The van der Waals surface area contributed by atoms with Gasteiger partial charge in [0.05, 0.1) is 7.11 Å². The van der Waals surface area contributed by atoms with Gasteiger partial charge in [0, 0.05) is 6.04 Å². The Kier molecular flexibility index (Phi) is 6.13. The third-order valence-electron chi connectivity index (χ3n) is 4.23. The standard InChI is InChI=1S/C15H29NO2/c1-10(2)8-14(15(17)18-5)16-13-7-6-11(3)12(4)9-13/h10-14,16H,6-9H2,1-5H3. The molecule has 0 aromatic rings. The van der Waals surface area contributed by atoms with Crippen LogP contribution in [0.4, 0.5) is 0 Å². The number of carbonyl (C=O) groups excluding carboxylic acids is 1. The highest BCUT2D eigenvalue weighted by molar-refractivity contribution is 5.75. The average Bonchev–Trinajstić information content (AvgIpc) is 2.31. The molecule has 1 fully saturated rings. The summed E-state index contributed by atoms with van der Waals surface area (Å²) in [6, 6.07) is 0.333. The van der Waals surface area contributed by atoms with Crippen LogP contribution in [0.1, 0.15) is 53.4 Å². The lowest BCUT2D eigenvalue weighted by Gasteiger charge is -2.34. The normalized spacial score (nSPS) is 30.2. The largest absolute Gasteiger partial charge is 0.468 e. The van der Waals surface area contributed by atoms with Crippen LogP contribution in [0.3, 0.4) is 0 Å². The Bertz CT molecular complexity index is 265.